The fraction of sp³-hybridized carbons (Fsp3) is 0.357. The van der Waals surface area contributed by atoms with Crippen molar-refractivity contribution in [3.8, 4) is 0 Å². The van der Waals surface area contributed by atoms with Crippen LogP contribution < -0.4 is 15.8 Å². The summed E-state index contributed by atoms with van der Waals surface area (Å²) < 4.78 is 30.1. The molecule has 196 valence electrons. The molecule has 0 bridgehead atoms. The van der Waals surface area contributed by atoms with Crippen LogP contribution in [0.1, 0.15) is 42.6 Å². The van der Waals surface area contributed by atoms with Crippen LogP contribution in [0.2, 0.25) is 0 Å². The summed E-state index contributed by atoms with van der Waals surface area (Å²) in [5, 5.41) is 4.10. The first-order valence-electron chi connectivity index (χ1n) is 12.6. The minimum Gasteiger partial charge on any atom is -0.341 e. The first kappa shape index (κ1) is 26.8. The van der Waals surface area contributed by atoms with Gasteiger partial charge < -0.3 is 16.0 Å². The molecule has 2 amide bonds. The van der Waals surface area contributed by atoms with Gasteiger partial charge in [0.15, 0.2) is 0 Å². The van der Waals surface area contributed by atoms with Gasteiger partial charge in [-0.1, -0.05) is 55.8 Å². The number of amides is 2. The van der Waals surface area contributed by atoms with Gasteiger partial charge in [0.25, 0.3) is 5.91 Å². The lowest BCUT2D eigenvalue weighted by atomic mass is 9.90. The second kappa shape index (κ2) is 11.0. The third-order valence-corrected chi connectivity index (χ3v) is 8.63. The number of aryl methyl sites for hydroxylation is 1. The molecule has 4 N–H and O–H groups in total. The van der Waals surface area contributed by atoms with Crippen molar-refractivity contribution in [3.63, 3.8) is 0 Å². The molecule has 1 aliphatic heterocycles. The number of nitrogens with zero attached hydrogens (tertiary/aromatic N) is 1. The van der Waals surface area contributed by atoms with Crippen molar-refractivity contribution >= 4 is 38.3 Å². The first-order valence-corrected chi connectivity index (χ1v) is 14.1. The van der Waals surface area contributed by atoms with Gasteiger partial charge in [-0.05, 0) is 49.9 Å². The fourth-order valence-electron chi connectivity index (χ4n) is 4.98. The zero-order valence-corrected chi connectivity index (χ0v) is 22.2. The van der Waals surface area contributed by atoms with Gasteiger partial charge in [-0.3, -0.25) is 9.59 Å². The largest absolute Gasteiger partial charge is 0.341 e. The van der Waals surface area contributed by atoms with E-state index in [9.17, 15) is 18.0 Å². The van der Waals surface area contributed by atoms with Gasteiger partial charge in [-0.2, -0.15) is 0 Å². The van der Waals surface area contributed by atoms with Gasteiger partial charge in [0.1, 0.15) is 0 Å². The van der Waals surface area contributed by atoms with Crippen molar-refractivity contribution in [3.05, 3.63) is 71.8 Å². The van der Waals surface area contributed by atoms with Crippen LogP contribution in [-0.4, -0.2) is 50.3 Å². The van der Waals surface area contributed by atoms with Gasteiger partial charge in [0.2, 0.25) is 15.9 Å². The topological polar surface area (TPSA) is 122 Å². The molecule has 0 unspecified atom stereocenters. The molecule has 9 heteroatoms. The molecule has 37 heavy (non-hydrogen) atoms. The highest BCUT2D eigenvalue weighted by Crippen LogP contribution is 2.31. The van der Waals surface area contributed by atoms with Crippen molar-refractivity contribution in [2.75, 3.05) is 18.4 Å². The molecule has 1 fully saturated rings. The van der Waals surface area contributed by atoms with E-state index in [1.807, 2.05) is 38.1 Å². The van der Waals surface area contributed by atoms with E-state index in [2.05, 4.69) is 10.0 Å². The van der Waals surface area contributed by atoms with Crippen molar-refractivity contribution in [1.29, 1.82) is 0 Å². The summed E-state index contributed by atoms with van der Waals surface area (Å²) in [5.74, 6) is -0.393. The zero-order chi connectivity index (χ0) is 26.7. The summed E-state index contributed by atoms with van der Waals surface area (Å²) in [5.41, 5.74) is 7.72. The van der Waals surface area contributed by atoms with Gasteiger partial charge in [0.05, 0.1) is 10.9 Å². The Hall–Kier alpha value is -3.27. The van der Waals surface area contributed by atoms with Crippen molar-refractivity contribution in [1.82, 2.24) is 9.62 Å². The molecule has 3 aromatic carbocycles. The lowest BCUT2D eigenvalue weighted by Crippen LogP contribution is -2.54. The summed E-state index contributed by atoms with van der Waals surface area (Å²) in [7, 11) is -3.88. The maximum Gasteiger partial charge on any atom is 0.255 e. The van der Waals surface area contributed by atoms with E-state index in [0.29, 0.717) is 41.5 Å². The van der Waals surface area contributed by atoms with Crippen molar-refractivity contribution in [2.24, 2.45) is 11.7 Å². The molecule has 8 nitrogen and oxygen atoms in total. The van der Waals surface area contributed by atoms with Crippen LogP contribution in [0, 0.1) is 12.8 Å². The molecular formula is C28H34N4O4S. The smallest absolute Gasteiger partial charge is 0.255 e. The summed E-state index contributed by atoms with van der Waals surface area (Å²) in [6, 6.07) is 16.7. The number of rotatable bonds is 7. The molecular weight excluding hydrogens is 488 g/mol. The number of piperidine rings is 1. The van der Waals surface area contributed by atoms with Gasteiger partial charge >= 0.3 is 0 Å². The number of nitrogens with one attached hydrogen (secondary N) is 2. The average molecular weight is 523 g/mol. The van der Waals surface area contributed by atoms with Gasteiger partial charge in [-0.15, -0.1) is 0 Å². The van der Waals surface area contributed by atoms with Crippen molar-refractivity contribution in [2.45, 2.75) is 50.6 Å². The lowest BCUT2D eigenvalue weighted by Gasteiger charge is -2.39. The second-order valence-corrected chi connectivity index (χ2v) is 11.4. The number of likely N-dealkylation sites (tertiary alicyclic amines) is 1. The molecule has 0 saturated carbocycles. The van der Waals surface area contributed by atoms with Gasteiger partial charge in [0, 0.05) is 41.2 Å². The Morgan fingerprint density at radius 1 is 1.05 bits per heavy atom. The molecule has 0 spiro atoms. The number of fused-ring (bicyclic) bond motifs is 1. The lowest BCUT2D eigenvalue weighted by molar-refractivity contribution is -0.134. The number of sulfonamides is 1. The Morgan fingerprint density at radius 2 is 1.73 bits per heavy atom. The molecule has 0 aromatic heterocycles. The molecule has 3 atom stereocenters. The van der Waals surface area contributed by atoms with Crippen LogP contribution in [0.4, 0.5) is 5.69 Å². The SMILES string of the molecule is CC[C@@H]1CN(C(=O)[C@H](C)N)CC[C@@H]1NS(=O)(=O)c1ccc(NC(=O)c2ccccc2C)c2ccccc12. The summed E-state index contributed by atoms with van der Waals surface area (Å²) >= 11 is 0. The third kappa shape index (κ3) is 5.69. The summed E-state index contributed by atoms with van der Waals surface area (Å²) in [4.78, 5) is 27.2. The number of carbonyl (C=O) groups excluding carboxylic acids is 2. The summed E-state index contributed by atoms with van der Waals surface area (Å²) in [6.07, 6.45) is 1.24. The van der Waals surface area contributed by atoms with Crippen LogP contribution in [-0.2, 0) is 14.8 Å². The molecule has 1 aliphatic rings. The predicted molar refractivity (Wildman–Crippen MR) is 146 cm³/mol. The quantitative estimate of drug-likeness (QED) is 0.437. The maximum absolute atomic E-state index is 13.6. The predicted octanol–water partition coefficient (Wildman–Crippen LogP) is 3.65. The molecule has 1 saturated heterocycles. The van der Waals surface area contributed by atoms with Crippen LogP contribution in [0.5, 0.6) is 0 Å². The maximum atomic E-state index is 13.6. The third-order valence-electron chi connectivity index (χ3n) is 7.08. The molecule has 0 radical (unpaired) electrons. The molecule has 3 aromatic rings. The molecule has 1 heterocycles. The van der Waals surface area contributed by atoms with E-state index in [1.165, 1.54) is 6.07 Å². The normalized spacial score (nSPS) is 19.0. The number of carbonyl (C=O) groups is 2. The van der Waals surface area contributed by atoms with Gasteiger partial charge in [-0.25, -0.2) is 13.1 Å². The summed E-state index contributed by atoms with van der Waals surface area (Å²) in [6.45, 7) is 6.45. The number of nitrogens with two attached hydrogens (primary N) is 1. The van der Waals surface area contributed by atoms with E-state index in [1.54, 1.807) is 42.2 Å². The van der Waals surface area contributed by atoms with E-state index in [-0.39, 0.29) is 28.7 Å². The molecule has 0 aliphatic carbocycles. The first-order chi connectivity index (χ1) is 17.6. The Bertz CT molecular complexity index is 1420. The standard InChI is InChI=1S/C28H34N4O4S/c1-4-20-17-32(28(34)19(3)29)16-15-24(20)31-37(35,36)26-14-13-25(22-11-7-8-12-23(22)26)30-27(33)21-10-6-5-9-18(21)2/h5-14,19-20,24,31H,4,15-17,29H2,1-3H3,(H,30,33)/t19-,20+,24-/m0/s1. The number of benzene rings is 3. The highest BCUT2D eigenvalue weighted by atomic mass is 32.2. The average Bonchev–Trinajstić information content (AvgIpc) is 2.88. The number of hydrogen-bond acceptors (Lipinski definition) is 5. The highest BCUT2D eigenvalue weighted by molar-refractivity contribution is 7.89. The Balaban J connectivity index is 1.60. The number of hydrogen-bond donors (Lipinski definition) is 3. The Morgan fingerprint density at radius 3 is 2.41 bits per heavy atom. The van der Waals surface area contributed by atoms with E-state index in [4.69, 9.17) is 5.73 Å². The van der Waals surface area contributed by atoms with E-state index < -0.39 is 16.1 Å². The van der Waals surface area contributed by atoms with E-state index >= 15 is 0 Å². The number of anilines is 1. The Kier molecular flexibility index (Phi) is 7.96. The van der Waals surface area contributed by atoms with Crippen LogP contribution in [0.25, 0.3) is 10.8 Å². The van der Waals surface area contributed by atoms with Crippen LogP contribution in [0.15, 0.2) is 65.6 Å². The van der Waals surface area contributed by atoms with Crippen molar-refractivity contribution < 1.29 is 18.0 Å². The Labute approximate surface area is 218 Å². The second-order valence-electron chi connectivity index (χ2n) is 9.68. The van der Waals surface area contributed by atoms with Crippen LogP contribution in [0.3, 0.4) is 0 Å². The zero-order valence-electron chi connectivity index (χ0n) is 21.4. The fourth-order valence-corrected chi connectivity index (χ4v) is 6.53. The monoisotopic (exact) mass is 522 g/mol. The minimum atomic E-state index is -3.88. The minimum absolute atomic E-state index is 0.0230. The molecule has 4 rings (SSSR count). The van der Waals surface area contributed by atoms with Crippen LogP contribution >= 0.6 is 0 Å². The highest BCUT2D eigenvalue weighted by Gasteiger charge is 2.34. The van der Waals surface area contributed by atoms with E-state index in [0.717, 1.165) is 12.0 Å².